The smallest absolute Gasteiger partial charge is 0.309 e. The second kappa shape index (κ2) is 1.77. The Kier molecular flexibility index (Phi) is 1.84. The minimum absolute atomic E-state index is 1.40. The summed E-state index contributed by atoms with van der Waals surface area (Å²) in [5.74, 6) is 0. The van der Waals surface area contributed by atoms with Crippen molar-refractivity contribution in [3.8, 4) is 0 Å². The van der Waals surface area contributed by atoms with E-state index in [0.29, 0.717) is 0 Å². The monoisotopic (exact) mass is 122 g/mol. The molecule has 1 atom stereocenters. The lowest BCUT2D eigenvalue weighted by Gasteiger charge is -1.98. The summed E-state index contributed by atoms with van der Waals surface area (Å²) in [6, 6.07) is 0. The van der Waals surface area contributed by atoms with Gasteiger partial charge in [0.25, 0.3) is 0 Å². The maximum Gasteiger partial charge on any atom is 0.309 e. The third-order valence-electron chi connectivity index (χ3n) is 0.373. The van der Waals surface area contributed by atoms with Crippen molar-refractivity contribution >= 4 is 18.7 Å². The van der Waals surface area contributed by atoms with E-state index in [0.717, 1.165) is 0 Å². The summed E-state index contributed by atoms with van der Waals surface area (Å²) in [6.07, 6.45) is 0. The Labute approximate surface area is 43.1 Å². The highest BCUT2D eigenvalue weighted by atomic mass is 35.6. The van der Waals surface area contributed by atoms with Crippen molar-refractivity contribution < 1.29 is 4.80 Å². The lowest BCUT2D eigenvalue weighted by Crippen LogP contribution is -2.16. The van der Waals surface area contributed by atoms with Crippen LogP contribution in [-0.4, -0.2) is 12.4 Å². The van der Waals surface area contributed by atoms with Crippen molar-refractivity contribution in [2.24, 2.45) is 0 Å². The Bertz CT molecular complexity index is 56.3. The highest BCUT2D eigenvalue weighted by Crippen LogP contribution is 2.01. The first-order chi connectivity index (χ1) is 2.56. The molecule has 0 aliphatic rings. The summed E-state index contributed by atoms with van der Waals surface area (Å²) in [5, 5.41) is 0. The van der Waals surface area contributed by atoms with E-state index in [-0.39, 0.29) is 0 Å². The third-order valence-corrected chi connectivity index (χ3v) is 1.58. The fraction of sp³-hybridized carbons (Fsp3) is 0.333. The molecule has 0 saturated heterocycles. The Morgan fingerprint density at radius 1 is 2.00 bits per heavy atom. The summed E-state index contributed by atoms with van der Waals surface area (Å²) in [5.41, 5.74) is 1.40. The second-order valence-electron chi connectivity index (χ2n) is 1.23. The second-order valence-corrected chi connectivity index (χ2v) is 5.98. The van der Waals surface area contributed by atoms with Gasteiger partial charge in [-0.25, -0.2) is 0 Å². The minimum atomic E-state index is -2.40. The molecule has 1 nitrogen and oxygen atoms in total. The summed E-state index contributed by atoms with van der Waals surface area (Å²) < 4.78 is 0. The largest absolute Gasteiger partial charge is 0.417 e. The van der Waals surface area contributed by atoms with E-state index in [9.17, 15) is 0 Å². The molecule has 0 aromatic rings. The number of hydrogen-bond acceptors (Lipinski definition) is 1. The van der Waals surface area contributed by atoms with Crippen molar-refractivity contribution in [1.29, 1.82) is 0 Å². The van der Waals surface area contributed by atoms with E-state index in [4.69, 9.17) is 15.9 Å². The number of hydrogen-bond donors (Lipinski definition) is 1. The normalized spacial score (nSPS) is 19.2. The maximum absolute atomic E-state index is 8.61. The molecule has 0 bridgehead atoms. The van der Waals surface area contributed by atoms with Gasteiger partial charge in [0.1, 0.15) is 0 Å². The van der Waals surface area contributed by atoms with Crippen molar-refractivity contribution in [1.82, 2.24) is 0 Å². The summed E-state index contributed by atoms with van der Waals surface area (Å²) in [4.78, 5) is 8.61. The highest BCUT2D eigenvalue weighted by Gasteiger charge is 2.12. The molecule has 36 valence electrons. The van der Waals surface area contributed by atoms with E-state index >= 15 is 0 Å². The molecule has 0 radical (unpaired) electrons. The van der Waals surface area contributed by atoms with E-state index in [1.807, 2.05) is 0 Å². The first-order valence-corrected chi connectivity index (χ1v) is 5.15. The van der Waals surface area contributed by atoms with Gasteiger partial charge in [0.15, 0.2) is 0 Å². The van der Waals surface area contributed by atoms with Crippen LogP contribution in [0.25, 0.3) is 0 Å². The molecular weight excluding hydrogens is 116 g/mol. The van der Waals surface area contributed by atoms with E-state index in [1.165, 1.54) is 5.70 Å². The van der Waals surface area contributed by atoms with Crippen LogP contribution in [0.15, 0.2) is 12.3 Å². The van der Waals surface area contributed by atoms with Crippen molar-refractivity contribution in [3.63, 3.8) is 0 Å². The molecule has 1 unspecified atom stereocenters. The molecule has 0 aromatic heterocycles. The van der Waals surface area contributed by atoms with E-state index in [1.54, 1.807) is 6.55 Å². The van der Waals surface area contributed by atoms with Crippen LogP contribution < -0.4 is 0 Å². The van der Waals surface area contributed by atoms with Gasteiger partial charge in [-0.1, -0.05) is 5.70 Å². The Morgan fingerprint density at radius 2 is 2.17 bits per heavy atom. The molecule has 0 aliphatic heterocycles. The molecule has 0 aliphatic carbocycles. The molecule has 0 fully saturated rings. The zero-order valence-electron chi connectivity index (χ0n) is 3.61. The quantitative estimate of drug-likeness (QED) is 0.407. The van der Waals surface area contributed by atoms with Gasteiger partial charge in [-0.2, -0.15) is 0 Å². The van der Waals surface area contributed by atoms with Gasteiger partial charge in [0, 0.05) is 0 Å². The standard InChI is InChI=1S/C3H7ClOSi/c1-3-6(2,4)5/h3,5H,1H2,2H3. The summed E-state index contributed by atoms with van der Waals surface area (Å²) in [7, 11) is -2.40. The molecule has 0 rings (SSSR count). The molecule has 6 heavy (non-hydrogen) atoms. The lowest BCUT2D eigenvalue weighted by atomic mass is 11.3. The maximum atomic E-state index is 8.61. The first-order valence-electron chi connectivity index (χ1n) is 1.61. The fourth-order valence-electron chi connectivity index (χ4n) is 0. The molecular formula is C3H7ClOSi. The van der Waals surface area contributed by atoms with Gasteiger partial charge in [-0.3, -0.25) is 0 Å². The van der Waals surface area contributed by atoms with Crippen LogP contribution in [0.5, 0.6) is 0 Å². The molecule has 0 amide bonds. The van der Waals surface area contributed by atoms with Crippen LogP contribution in [0.1, 0.15) is 0 Å². The fourth-order valence-corrected chi connectivity index (χ4v) is 0. The van der Waals surface area contributed by atoms with Gasteiger partial charge in [-0.05, 0) is 6.55 Å². The molecule has 0 saturated carbocycles. The van der Waals surface area contributed by atoms with Crippen LogP contribution >= 0.6 is 11.1 Å². The predicted molar refractivity (Wildman–Crippen MR) is 29.9 cm³/mol. The lowest BCUT2D eigenvalue weighted by molar-refractivity contribution is 0.583. The highest BCUT2D eigenvalue weighted by molar-refractivity contribution is 7.18. The molecule has 0 aromatic carbocycles. The molecule has 0 spiro atoms. The zero-order valence-corrected chi connectivity index (χ0v) is 5.37. The van der Waals surface area contributed by atoms with Crippen LogP contribution in [0, 0.1) is 0 Å². The SMILES string of the molecule is C=C[Si](C)(O)Cl. The zero-order chi connectivity index (χ0) is 5.21. The van der Waals surface area contributed by atoms with E-state index < -0.39 is 7.63 Å². The molecule has 0 heterocycles. The van der Waals surface area contributed by atoms with Gasteiger partial charge in [0.05, 0.1) is 0 Å². The van der Waals surface area contributed by atoms with Crippen LogP contribution in [0.2, 0.25) is 6.55 Å². The third kappa shape index (κ3) is 4.21. The van der Waals surface area contributed by atoms with Gasteiger partial charge in [0.2, 0.25) is 0 Å². The summed E-state index contributed by atoms with van der Waals surface area (Å²) >= 11 is 5.29. The van der Waals surface area contributed by atoms with Crippen molar-refractivity contribution in [2.45, 2.75) is 6.55 Å². The number of halogens is 1. The van der Waals surface area contributed by atoms with Crippen LogP contribution in [-0.2, 0) is 0 Å². The topological polar surface area (TPSA) is 20.2 Å². The minimum Gasteiger partial charge on any atom is -0.417 e. The van der Waals surface area contributed by atoms with Crippen molar-refractivity contribution in [3.05, 3.63) is 12.3 Å². The molecule has 3 heteroatoms. The van der Waals surface area contributed by atoms with E-state index in [2.05, 4.69) is 6.58 Å². The summed E-state index contributed by atoms with van der Waals surface area (Å²) in [6.45, 7) is 4.90. The van der Waals surface area contributed by atoms with Gasteiger partial charge >= 0.3 is 7.63 Å². The predicted octanol–water partition coefficient (Wildman–Crippen LogP) is 1.01. The average Bonchev–Trinajstić information content (AvgIpc) is 1.35. The number of rotatable bonds is 1. The van der Waals surface area contributed by atoms with Crippen molar-refractivity contribution in [2.75, 3.05) is 0 Å². The van der Waals surface area contributed by atoms with Crippen LogP contribution in [0.3, 0.4) is 0 Å². The first kappa shape index (κ1) is 6.21. The van der Waals surface area contributed by atoms with Gasteiger partial charge < -0.3 is 4.80 Å². The van der Waals surface area contributed by atoms with Crippen LogP contribution in [0.4, 0.5) is 0 Å². The van der Waals surface area contributed by atoms with Gasteiger partial charge in [-0.15, -0.1) is 17.7 Å². The average molecular weight is 123 g/mol. The Hall–Kier alpha value is 0.207. The molecule has 1 N–H and O–H groups in total. The Balaban J connectivity index is 3.45. The Morgan fingerprint density at radius 3 is 2.17 bits per heavy atom.